The number of hydrogen-bond acceptors (Lipinski definition) is 12. The summed E-state index contributed by atoms with van der Waals surface area (Å²) in [6.45, 7) is -0.841. The average molecular weight is 469 g/mol. The van der Waals surface area contributed by atoms with Crippen LogP contribution in [0.15, 0.2) is 12.1 Å². The molecule has 0 spiro atoms. The Morgan fingerprint density at radius 1 is 1.06 bits per heavy atom. The summed E-state index contributed by atoms with van der Waals surface area (Å²) in [4.78, 5) is 12.9. The molecule has 33 heavy (non-hydrogen) atoms. The van der Waals surface area contributed by atoms with E-state index < -0.39 is 73.3 Å². The minimum atomic E-state index is -1.76. The molecule has 0 bridgehead atoms. The van der Waals surface area contributed by atoms with E-state index >= 15 is 0 Å². The van der Waals surface area contributed by atoms with Crippen molar-refractivity contribution in [3.05, 3.63) is 23.3 Å². The highest BCUT2D eigenvalue weighted by molar-refractivity contribution is 6.07. The largest absolute Gasteiger partial charge is 0.504 e. The quantitative estimate of drug-likeness (QED) is 0.217. The normalized spacial score (nSPS) is 39.4. The van der Waals surface area contributed by atoms with E-state index in [4.69, 9.17) is 18.9 Å². The van der Waals surface area contributed by atoms with Gasteiger partial charge < -0.3 is 60.0 Å². The number of aliphatic hydroxyl groups is 6. The maximum atomic E-state index is 12.9. The Balaban J connectivity index is 1.50. The van der Waals surface area contributed by atoms with E-state index in [0.29, 0.717) is 5.57 Å². The number of phenolic OH excluding ortho intramolecular Hbond substituents is 1. The number of fused-ring (bicyclic) bond motifs is 4. The van der Waals surface area contributed by atoms with Crippen LogP contribution in [-0.4, -0.2) is 110 Å². The zero-order chi connectivity index (χ0) is 23.6. The fraction of sp³-hybridized carbons (Fsp3) is 0.550. The highest BCUT2D eigenvalue weighted by Gasteiger charge is 2.50. The highest BCUT2D eigenvalue weighted by atomic mass is 16.7. The van der Waals surface area contributed by atoms with Gasteiger partial charge in [0.25, 0.3) is 5.91 Å². The first-order valence-electron chi connectivity index (χ1n) is 10.2. The van der Waals surface area contributed by atoms with Gasteiger partial charge in [0.05, 0.1) is 18.2 Å². The molecule has 9 atom stereocenters. The number of nitrogens with one attached hydrogen (secondary N) is 1. The first kappa shape index (κ1) is 22.3. The predicted octanol–water partition coefficient (Wildman–Crippen LogP) is -3.46. The number of carbonyl (C=O) groups is 1. The van der Waals surface area contributed by atoms with E-state index in [1.54, 1.807) is 0 Å². The Bertz CT molecular complexity index is 996. The van der Waals surface area contributed by atoms with Gasteiger partial charge in [0.1, 0.15) is 42.7 Å². The number of carbonyl (C=O) groups excluding carboxylic acids is 1. The summed E-state index contributed by atoms with van der Waals surface area (Å²) in [5, 5.41) is 73.9. The Kier molecular flexibility index (Phi) is 5.46. The molecule has 1 aliphatic carbocycles. The zero-order valence-corrected chi connectivity index (χ0v) is 16.9. The molecule has 0 saturated carbocycles. The van der Waals surface area contributed by atoms with Gasteiger partial charge in [0.15, 0.2) is 17.8 Å². The number of ether oxygens (including phenoxy) is 4. The van der Waals surface area contributed by atoms with Crippen LogP contribution >= 0.6 is 0 Å². The molecule has 1 fully saturated rings. The molecule has 3 heterocycles. The van der Waals surface area contributed by atoms with Crippen molar-refractivity contribution in [1.29, 1.82) is 0 Å². The minimum absolute atomic E-state index is 0.00783. The number of phenols is 1. The molecule has 1 saturated heterocycles. The molecule has 3 aliphatic heterocycles. The fourth-order valence-corrected chi connectivity index (χ4v) is 4.56. The predicted molar refractivity (Wildman–Crippen MR) is 104 cm³/mol. The fourth-order valence-electron chi connectivity index (χ4n) is 4.56. The van der Waals surface area contributed by atoms with Crippen LogP contribution in [0.5, 0.6) is 17.2 Å². The van der Waals surface area contributed by atoms with Gasteiger partial charge >= 0.3 is 0 Å². The molecule has 180 valence electrons. The number of aromatic hydroxyl groups is 1. The second-order valence-corrected chi connectivity index (χ2v) is 8.23. The molecule has 13 heteroatoms. The lowest BCUT2D eigenvalue weighted by Gasteiger charge is -2.45. The zero-order valence-electron chi connectivity index (χ0n) is 16.9. The highest BCUT2D eigenvalue weighted by Crippen LogP contribution is 2.49. The summed E-state index contributed by atoms with van der Waals surface area (Å²) in [5.41, 5.74) is 0.404. The van der Waals surface area contributed by atoms with Crippen LogP contribution in [0, 0.1) is 0 Å². The molecule has 0 unspecified atom stereocenters. The van der Waals surface area contributed by atoms with E-state index in [2.05, 4.69) is 5.32 Å². The topological polar surface area (TPSA) is 208 Å². The SMILES string of the molecule is O=C1N[C@@H]2C(=C[C@H](O)[C@@H](O)[C@H]2O[C@@H]2O[C@@H](CO)[C@H](O)[C@H](O)[C@@H]2O)c2cc3c(c(O)c21)OCO3. The summed E-state index contributed by atoms with van der Waals surface area (Å²) >= 11 is 0. The third kappa shape index (κ3) is 3.36. The van der Waals surface area contributed by atoms with Crippen LogP contribution in [0.1, 0.15) is 15.9 Å². The van der Waals surface area contributed by atoms with Crippen LogP contribution in [0.4, 0.5) is 0 Å². The van der Waals surface area contributed by atoms with Crippen LogP contribution in [0.2, 0.25) is 0 Å². The smallest absolute Gasteiger partial charge is 0.256 e. The van der Waals surface area contributed by atoms with Crippen molar-refractivity contribution in [1.82, 2.24) is 5.32 Å². The van der Waals surface area contributed by atoms with Crippen molar-refractivity contribution in [2.45, 2.75) is 55.1 Å². The maximum absolute atomic E-state index is 12.9. The van der Waals surface area contributed by atoms with Crippen LogP contribution in [0.3, 0.4) is 0 Å². The van der Waals surface area contributed by atoms with Gasteiger partial charge in [-0.1, -0.05) is 0 Å². The van der Waals surface area contributed by atoms with Crippen LogP contribution in [0.25, 0.3) is 5.57 Å². The molecule has 0 radical (unpaired) electrons. The van der Waals surface area contributed by atoms with E-state index in [9.17, 15) is 40.5 Å². The second kappa shape index (κ2) is 8.07. The lowest BCUT2D eigenvalue weighted by molar-refractivity contribution is -0.320. The Labute approximate surface area is 186 Å². The van der Waals surface area contributed by atoms with Gasteiger partial charge in [-0.25, -0.2) is 0 Å². The Morgan fingerprint density at radius 3 is 2.55 bits per heavy atom. The molecule has 4 aliphatic rings. The summed E-state index contributed by atoms with van der Waals surface area (Å²) in [5.74, 6) is -0.959. The number of amides is 1. The lowest BCUT2D eigenvalue weighted by Crippen LogP contribution is -2.64. The lowest BCUT2D eigenvalue weighted by atomic mass is 9.79. The van der Waals surface area contributed by atoms with Crippen molar-refractivity contribution in [2.75, 3.05) is 13.4 Å². The van der Waals surface area contributed by atoms with Crippen molar-refractivity contribution >= 4 is 11.5 Å². The minimum Gasteiger partial charge on any atom is -0.504 e. The van der Waals surface area contributed by atoms with Gasteiger partial charge in [-0.15, -0.1) is 0 Å². The third-order valence-electron chi connectivity index (χ3n) is 6.30. The van der Waals surface area contributed by atoms with E-state index in [1.165, 1.54) is 12.1 Å². The van der Waals surface area contributed by atoms with Crippen molar-refractivity contribution < 1.29 is 59.5 Å². The van der Waals surface area contributed by atoms with E-state index in [0.717, 1.165) is 0 Å². The van der Waals surface area contributed by atoms with E-state index in [1.807, 2.05) is 0 Å². The molecule has 1 aromatic rings. The molecule has 5 rings (SSSR count). The van der Waals surface area contributed by atoms with Gasteiger partial charge in [-0.05, 0) is 17.7 Å². The van der Waals surface area contributed by atoms with Crippen LogP contribution < -0.4 is 14.8 Å². The van der Waals surface area contributed by atoms with Gasteiger partial charge in [-0.2, -0.15) is 0 Å². The number of hydrogen-bond donors (Lipinski definition) is 8. The molecule has 8 N–H and O–H groups in total. The van der Waals surface area contributed by atoms with Gasteiger partial charge in [0, 0.05) is 5.56 Å². The number of benzene rings is 1. The first-order chi connectivity index (χ1) is 15.7. The summed E-state index contributed by atoms with van der Waals surface area (Å²) in [6, 6.07) is 0.403. The molecular weight excluding hydrogens is 446 g/mol. The maximum Gasteiger partial charge on any atom is 0.256 e. The summed E-state index contributed by atoms with van der Waals surface area (Å²) in [6.07, 6.45) is -11.1. The summed E-state index contributed by atoms with van der Waals surface area (Å²) in [7, 11) is 0. The van der Waals surface area contributed by atoms with Crippen molar-refractivity contribution in [3.63, 3.8) is 0 Å². The monoisotopic (exact) mass is 469 g/mol. The van der Waals surface area contributed by atoms with Crippen LogP contribution in [-0.2, 0) is 9.47 Å². The number of rotatable bonds is 3. The Hall–Kier alpha value is -2.49. The molecule has 1 aromatic carbocycles. The first-order valence-corrected chi connectivity index (χ1v) is 10.2. The average Bonchev–Trinajstić information content (AvgIpc) is 3.27. The summed E-state index contributed by atoms with van der Waals surface area (Å²) < 4.78 is 21.5. The van der Waals surface area contributed by atoms with Crippen molar-refractivity contribution in [2.24, 2.45) is 0 Å². The van der Waals surface area contributed by atoms with Gasteiger partial charge in [0.2, 0.25) is 12.5 Å². The molecule has 1 amide bonds. The third-order valence-corrected chi connectivity index (χ3v) is 6.30. The van der Waals surface area contributed by atoms with Gasteiger partial charge in [-0.3, -0.25) is 4.79 Å². The second-order valence-electron chi connectivity index (χ2n) is 8.23. The number of aliphatic hydroxyl groups excluding tert-OH is 6. The standard InChI is InChI=1S/C20H23NO12/c22-3-9-13(25)15(27)16(28)20(32-9)33-18-11-6(1-7(23)12(18)24)5-2-8-17(31-4-30-8)14(26)10(5)19(29)21-11/h1-2,7,9,11-13,15-16,18,20,22-28H,3-4H2,(H,21,29)/t7-,9-,11+,12+,13-,15-,16-,18-,20-/m0/s1. The molecular formula is C20H23NO12. The van der Waals surface area contributed by atoms with Crippen molar-refractivity contribution in [3.8, 4) is 17.2 Å². The molecule has 13 nitrogen and oxygen atoms in total. The van der Waals surface area contributed by atoms with E-state index in [-0.39, 0.29) is 29.4 Å². The molecule has 0 aromatic heterocycles. The Morgan fingerprint density at radius 2 is 1.82 bits per heavy atom.